The smallest absolute Gasteiger partial charge is 0.0719 e. The van der Waals surface area contributed by atoms with Gasteiger partial charge in [0.25, 0.3) is 0 Å². The molecule has 0 radical (unpaired) electrons. The zero-order chi connectivity index (χ0) is 9.41. The fourth-order valence-electron chi connectivity index (χ4n) is 1.87. The Labute approximate surface area is 74.9 Å². The number of hydrogen-bond donors (Lipinski definition) is 1. The predicted octanol–water partition coefficient (Wildman–Crippen LogP) is 1.96. The normalized spacial score (nSPS) is 35.5. The first-order chi connectivity index (χ1) is 5.36. The molecule has 0 aliphatic carbocycles. The lowest BCUT2D eigenvalue weighted by Gasteiger charge is -2.43. The van der Waals surface area contributed by atoms with Gasteiger partial charge in [0.15, 0.2) is 0 Å². The van der Waals surface area contributed by atoms with Gasteiger partial charge >= 0.3 is 0 Å². The van der Waals surface area contributed by atoms with Crippen molar-refractivity contribution in [1.82, 2.24) is 0 Å². The van der Waals surface area contributed by atoms with Crippen LogP contribution in [0.5, 0.6) is 0 Å². The average Bonchev–Trinajstić information content (AvgIpc) is 1.83. The van der Waals surface area contributed by atoms with Gasteiger partial charge in [-0.15, -0.1) is 0 Å². The van der Waals surface area contributed by atoms with Gasteiger partial charge in [-0.3, -0.25) is 0 Å². The van der Waals surface area contributed by atoms with E-state index >= 15 is 0 Å². The minimum atomic E-state index is -0.512. The molecule has 0 aromatic rings. The molecule has 2 nitrogen and oxygen atoms in total. The zero-order valence-corrected chi connectivity index (χ0v) is 8.55. The summed E-state index contributed by atoms with van der Waals surface area (Å²) in [7, 11) is 0. The second-order valence-electron chi connectivity index (χ2n) is 4.79. The molecular formula is C10H20O2. The Bertz CT molecular complexity index is 163. The van der Waals surface area contributed by atoms with Crippen molar-refractivity contribution in [2.24, 2.45) is 5.92 Å². The molecule has 0 aromatic heterocycles. The second-order valence-corrected chi connectivity index (χ2v) is 4.79. The maximum atomic E-state index is 10.2. The number of ether oxygens (including phenoxy) is 1. The summed E-state index contributed by atoms with van der Waals surface area (Å²) in [4.78, 5) is 0. The van der Waals surface area contributed by atoms with Crippen molar-refractivity contribution in [3.63, 3.8) is 0 Å². The molecule has 0 spiro atoms. The van der Waals surface area contributed by atoms with E-state index in [0.29, 0.717) is 12.5 Å². The fourth-order valence-corrected chi connectivity index (χ4v) is 1.87. The molecule has 0 unspecified atom stereocenters. The maximum absolute atomic E-state index is 10.2. The molecule has 0 amide bonds. The predicted molar refractivity (Wildman–Crippen MR) is 49.1 cm³/mol. The molecule has 1 aliphatic heterocycles. The third-order valence-electron chi connectivity index (χ3n) is 2.83. The van der Waals surface area contributed by atoms with Crippen molar-refractivity contribution in [2.75, 3.05) is 6.61 Å². The molecule has 1 saturated heterocycles. The molecule has 1 atom stereocenters. The van der Waals surface area contributed by atoms with Crippen molar-refractivity contribution in [3.05, 3.63) is 0 Å². The van der Waals surface area contributed by atoms with Crippen LogP contribution in [-0.4, -0.2) is 22.9 Å². The number of aliphatic hydroxyl groups is 1. The third-order valence-corrected chi connectivity index (χ3v) is 2.83. The van der Waals surface area contributed by atoms with Crippen LogP contribution in [0.4, 0.5) is 0 Å². The SMILES string of the molecule is CC(C)[C@@]1(O)CCOC(C)(C)C1. The minimum absolute atomic E-state index is 0.155. The van der Waals surface area contributed by atoms with Gasteiger partial charge < -0.3 is 9.84 Å². The second kappa shape index (κ2) is 3.00. The molecule has 12 heavy (non-hydrogen) atoms. The Morgan fingerprint density at radius 3 is 2.25 bits per heavy atom. The summed E-state index contributed by atoms with van der Waals surface area (Å²) in [6.07, 6.45) is 1.52. The number of rotatable bonds is 1. The Morgan fingerprint density at radius 1 is 1.33 bits per heavy atom. The van der Waals surface area contributed by atoms with Gasteiger partial charge in [0.2, 0.25) is 0 Å². The van der Waals surface area contributed by atoms with E-state index < -0.39 is 5.60 Å². The molecule has 0 aromatic carbocycles. The van der Waals surface area contributed by atoms with Gasteiger partial charge in [0.05, 0.1) is 17.8 Å². The van der Waals surface area contributed by atoms with Crippen LogP contribution >= 0.6 is 0 Å². The molecule has 1 fully saturated rings. The molecule has 1 heterocycles. The maximum Gasteiger partial charge on any atom is 0.0719 e. The molecule has 72 valence electrons. The van der Waals surface area contributed by atoms with Crippen molar-refractivity contribution in [3.8, 4) is 0 Å². The highest BCUT2D eigenvalue weighted by molar-refractivity contribution is 4.92. The molecule has 0 saturated carbocycles. The summed E-state index contributed by atoms with van der Waals surface area (Å²) in [5.41, 5.74) is -0.668. The summed E-state index contributed by atoms with van der Waals surface area (Å²) in [5, 5.41) is 10.2. The Kier molecular flexibility index (Phi) is 2.50. The lowest BCUT2D eigenvalue weighted by Crippen LogP contribution is -2.48. The monoisotopic (exact) mass is 172 g/mol. The molecule has 1 aliphatic rings. The van der Waals surface area contributed by atoms with Crippen molar-refractivity contribution >= 4 is 0 Å². The highest BCUT2D eigenvalue weighted by Crippen LogP contribution is 2.36. The van der Waals surface area contributed by atoms with Gasteiger partial charge in [-0.25, -0.2) is 0 Å². The van der Waals surface area contributed by atoms with Crippen molar-refractivity contribution in [2.45, 2.75) is 51.7 Å². The van der Waals surface area contributed by atoms with Gasteiger partial charge in [-0.05, 0) is 26.2 Å². The van der Waals surface area contributed by atoms with Crippen LogP contribution in [0.15, 0.2) is 0 Å². The lowest BCUT2D eigenvalue weighted by atomic mass is 9.77. The lowest BCUT2D eigenvalue weighted by molar-refractivity contribution is -0.160. The summed E-state index contributed by atoms with van der Waals surface area (Å²) < 4.78 is 5.55. The standard InChI is InChI=1S/C10H20O2/c1-8(2)10(11)5-6-12-9(3,4)7-10/h8,11H,5-7H2,1-4H3/t10-/m1/s1. The Hall–Kier alpha value is -0.0800. The first kappa shape index (κ1) is 10.0. The highest BCUT2D eigenvalue weighted by Gasteiger charge is 2.41. The number of hydrogen-bond acceptors (Lipinski definition) is 2. The third kappa shape index (κ3) is 1.99. The van der Waals surface area contributed by atoms with E-state index in [2.05, 4.69) is 13.8 Å². The molecule has 0 bridgehead atoms. The van der Waals surface area contributed by atoms with Crippen LogP contribution in [0.25, 0.3) is 0 Å². The van der Waals surface area contributed by atoms with E-state index in [1.165, 1.54) is 0 Å². The van der Waals surface area contributed by atoms with Gasteiger partial charge in [-0.2, -0.15) is 0 Å². The van der Waals surface area contributed by atoms with E-state index in [1.54, 1.807) is 0 Å². The minimum Gasteiger partial charge on any atom is -0.389 e. The van der Waals surface area contributed by atoms with E-state index in [0.717, 1.165) is 12.8 Å². The first-order valence-corrected chi connectivity index (χ1v) is 4.72. The van der Waals surface area contributed by atoms with Gasteiger partial charge in [0, 0.05) is 6.42 Å². The van der Waals surface area contributed by atoms with E-state index in [9.17, 15) is 5.11 Å². The molecular weight excluding hydrogens is 152 g/mol. The topological polar surface area (TPSA) is 29.5 Å². The van der Waals surface area contributed by atoms with Crippen LogP contribution in [0.1, 0.15) is 40.5 Å². The van der Waals surface area contributed by atoms with Crippen molar-refractivity contribution in [1.29, 1.82) is 0 Å². The van der Waals surface area contributed by atoms with Crippen LogP contribution < -0.4 is 0 Å². The van der Waals surface area contributed by atoms with Crippen LogP contribution in [0.3, 0.4) is 0 Å². The molecule has 2 heteroatoms. The fraction of sp³-hybridized carbons (Fsp3) is 1.00. The van der Waals surface area contributed by atoms with E-state index in [4.69, 9.17) is 4.74 Å². The van der Waals surface area contributed by atoms with E-state index in [-0.39, 0.29) is 5.60 Å². The molecule has 1 rings (SSSR count). The largest absolute Gasteiger partial charge is 0.389 e. The highest BCUT2D eigenvalue weighted by atomic mass is 16.5. The Balaban J connectivity index is 2.68. The first-order valence-electron chi connectivity index (χ1n) is 4.72. The Morgan fingerprint density at radius 2 is 1.92 bits per heavy atom. The summed E-state index contributed by atoms with van der Waals surface area (Å²) in [6, 6.07) is 0. The summed E-state index contributed by atoms with van der Waals surface area (Å²) >= 11 is 0. The summed E-state index contributed by atoms with van der Waals surface area (Å²) in [5.74, 6) is 0.320. The summed E-state index contributed by atoms with van der Waals surface area (Å²) in [6.45, 7) is 8.91. The van der Waals surface area contributed by atoms with Crippen LogP contribution in [0, 0.1) is 5.92 Å². The quantitative estimate of drug-likeness (QED) is 0.655. The average molecular weight is 172 g/mol. The van der Waals surface area contributed by atoms with Gasteiger partial charge in [0.1, 0.15) is 0 Å². The zero-order valence-electron chi connectivity index (χ0n) is 8.55. The van der Waals surface area contributed by atoms with Crippen LogP contribution in [0.2, 0.25) is 0 Å². The molecule has 1 N–H and O–H groups in total. The van der Waals surface area contributed by atoms with Crippen LogP contribution in [-0.2, 0) is 4.74 Å². The van der Waals surface area contributed by atoms with Gasteiger partial charge in [-0.1, -0.05) is 13.8 Å². The van der Waals surface area contributed by atoms with E-state index in [1.807, 2.05) is 13.8 Å². The van der Waals surface area contributed by atoms with Crippen molar-refractivity contribution < 1.29 is 9.84 Å².